The van der Waals surface area contributed by atoms with Crippen LogP contribution in [-0.2, 0) is 16.1 Å². The summed E-state index contributed by atoms with van der Waals surface area (Å²) >= 11 is 1.33. The average molecular weight is 378 g/mol. The van der Waals surface area contributed by atoms with Crippen LogP contribution in [0.3, 0.4) is 0 Å². The fraction of sp³-hybridized carbons (Fsp3) is 0.500. The number of carbonyl (C=O) groups is 1. The van der Waals surface area contributed by atoms with Gasteiger partial charge < -0.3 is 14.5 Å². The van der Waals surface area contributed by atoms with Gasteiger partial charge in [-0.3, -0.25) is 9.36 Å². The number of furan rings is 1. The number of hydrogen-bond acceptors (Lipinski definition) is 6. The number of allylic oxidation sites excluding steroid dienone is 1. The van der Waals surface area contributed by atoms with Crippen LogP contribution in [0.5, 0.6) is 0 Å². The topological polar surface area (TPSA) is 82.2 Å². The molecule has 0 fully saturated rings. The molecule has 2 aromatic heterocycles. The number of hydrogen-bond donors (Lipinski definition) is 1. The Kier molecular flexibility index (Phi) is 8.43. The molecule has 0 aliphatic rings. The van der Waals surface area contributed by atoms with Crippen molar-refractivity contribution >= 4 is 17.7 Å². The monoisotopic (exact) mass is 378 g/mol. The molecule has 2 rings (SSSR count). The fourth-order valence-electron chi connectivity index (χ4n) is 2.14. The number of carbonyl (C=O) groups excluding carboxylic acids is 1. The van der Waals surface area contributed by atoms with E-state index in [0.29, 0.717) is 42.4 Å². The van der Waals surface area contributed by atoms with E-state index in [2.05, 4.69) is 35.9 Å². The molecule has 1 amide bonds. The predicted octanol–water partition coefficient (Wildman–Crippen LogP) is 3.00. The summed E-state index contributed by atoms with van der Waals surface area (Å²) in [5.41, 5.74) is 0. The van der Waals surface area contributed by atoms with E-state index in [1.807, 2.05) is 10.6 Å². The van der Waals surface area contributed by atoms with Gasteiger partial charge in [0.05, 0.1) is 18.6 Å². The number of nitrogens with zero attached hydrogens (tertiary/aromatic N) is 3. The summed E-state index contributed by atoms with van der Waals surface area (Å²) in [4.78, 5) is 12.0. The summed E-state index contributed by atoms with van der Waals surface area (Å²) in [6, 6.07) is 3.62. The van der Waals surface area contributed by atoms with Gasteiger partial charge in [0.2, 0.25) is 11.7 Å². The third-order valence-corrected chi connectivity index (χ3v) is 4.48. The van der Waals surface area contributed by atoms with Crippen molar-refractivity contribution in [2.24, 2.45) is 5.92 Å². The Morgan fingerprint density at radius 3 is 3.00 bits per heavy atom. The molecule has 26 heavy (non-hydrogen) atoms. The first-order valence-electron chi connectivity index (χ1n) is 8.67. The first-order chi connectivity index (χ1) is 12.6. The molecule has 0 atom stereocenters. The van der Waals surface area contributed by atoms with Gasteiger partial charge in [0, 0.05) is 19.7 Å². The lowest BCUT2D eigenvalue weighted by Gasteiger charge is -2.08. The minimum absolute atomic E-state index is 0.0600. The van der Waals surface area contributed by atoms with Crippen molar-refractivity contribution in [2.75, 3.05) is 25.5 Å². The molecule has 8 heteroatoms. The summed E-state index contributed by atoms with van der Waals surface area (Å²) < 4.78 is 12.7. The first-order valence-corrected chi connectivity index (χ1v) is 9.65. The molecule has 2 aromatic rings. The largest absolute Gasteiger partial charge is 0.461 e. The highest BCUT2D eigenvalue weighted by Crippen LogP contribution is 2.24. The molecule has 0 spiro atoms. The SMILES string of the molecule is C=CCn1c(SCC(=O)NCCOCCC(C)C)nnc1-c1ccco1. The number of thioether (sulfide) groups is 1. The van der Waals surface area contributed by atoms with Crippen LogP contribution in [0, 0.1) is 5.92 Å². The van der Waals surface area contributed by atoms with Crippen molar-refractivity contribution in [1.82, 2.24) is 20.1 Å². The highest BCUT2D eigenvalue weighted by Gasteiger charge is 2.16. The third kappa shape index (κ3) is 6.34. The Balaban J connectivity index is 1.78. The quantitative estimate of drug-likeness (QED) is 0.347. The molecule has 0 aliphatic heterocycles. The van der Waals surface area contributed by atoms with E-state index in [1.54, 1.807) is 18.4 Å². The zero-order chi connectivity index (χ0) is 18.8. The minimum Gasteiger partial charge on any atom is -0.461 e. The van der Waals surface area contributed by atoms with E-state index in [4.69, 9.17) is 9.15 Å². The molecule has 1 N–H and O–H groups in total. The van der Waals surface area contributed by atoms with Gasteiger partial charge in [0.15, 0.2) is 10.9 Å². The molecular formula is C18H26N4O3S. The van der Waals surface area contributed by atoms with Crippen LogP contribution in [0.4, 0.5) is 0 Å². The summed E-state index contributed by atoms with van der Waals surface area (Å²) in [6.07, 6.45) is 4.38. The maximum atomic E-state index is 12.0. The second kappa shape index (κ2) is 10.8. The predicted molar refractivity (Wildman–Crippen MR) is 102 cm³/mol. The Morgan fingerprint density at radius 1 is 1.46 bits per heavy atom. The van der Waals surface area contributed by atoms with E-state index in [9.17, 15) is 4.79 Å². The Morgan fingerprint density at radius 2 is 2.31 bits per heavy atom. The van der Waals surface area contributed by atoms with Crippen LogP contribution in [0.2, 0.25) is 0 Å². The first kappa shape index (κ1) is 20.3. The molecule has 7 nitrogen and oxygen atoms in total. The number of amides is 1. The Bertz CT molecular complexity index is 683. The van der Waals surface area contributed by atoms with Crippen molar-refractivity contribution in [3.05, 3.63) is 31.1 Å². The van der Waals surface area contributed by atoms with Crippen molar-refractivity contribution in [2.45, 2.75) is 32.0 Å². The summed E-state index contributed by atoms with van der Waals surface area (Å²) in [6.45, 7) is 10.4. The maximum absolute atomic E-state index is 12.0. The summed E-state index contributed by atoms with van der Waals surface area (Å²) in [5, 5.41) is 11.8. The lowest BCUT2D eigenvalue weighted by molar-refractivity contribution is -0.118. The van der Waals surface area contributed by atoms with Crippen LogP contribution in [0.25, 0.3) is 11.6 Å². The molecule has 0 radical (unpaired) electrons. The fourth-order valence-corrected chi connectivity index (χ4v) is 2.92. The zero-order valence-electron chi connectivity index (χ0n) is 15.3. The maximum Gasteiger partial charge on any atom is 0.230 e. The molecule has 0 aromatic carbocycles. The van der Waals surface area contributed by atoms with Gasteiger partial charge in [0.1, 0.15) is 0 Å². The van der Waals surface area contributed by atoms with Gasteiger partial charge >= 0.3 is 0 Å². The van der Waals surface area contributed by atoms with Crippen molar-refractivity contribution in [3.8, 4) is 11.6 Å². The van der Waals surface area contributed by atoms with E-state index in [-0.39, 0.29) is 11.7 Å². The summed E-state index contributed by atoms with van der Waals surface area (Å²) in [7, 11) is 0. The molecule has 0 saturated heterocycles. The van der Waals surface area contributed by atoms with Crippen LogP contribution in [-0.4, -0.2) is 46.2 Å². The normalized spacial score (nSPS) is 11.0. The van der Waals surface area contributed by atoms with E-state index >= 15 is 0 Å². The van der Waals surface area contributed by atoms with E-state index in [1.165, 1.54) is 11.8 Å². The van der Waals surface area contributed by atoms with Gasteiger partial charge in [-0.25, -0.2) is 0 Å². The molecule has 0 aliphatic carbocycles. The van der Waals surface area contributed by atoms with Gasteiger partial charge in [-0.15, -0.1) is 16.8 Å². The average Bonchev–Trinajstić information content (AvgIpc) is 3.26. The number of aromatic nitrogens is 3. The van der Waals surface area contributed by atoms with Crippen LogP contribution in [0.15, 0.2) is 40.6 Å². The molecular weight excluding hydrogens is 352 g/mol. The second-order valence-corrected chi connectivity index (χ2v) is 7.06. The molecule has 2 heterocycles. The Labute approximate surface area is 158 Å². The molecule has 142 valence electrons. The Hall–Kier alpha value is -2.06. The van der Waals surface area contributed by atoms with Gasteiger partial charge in [-0.1, -0.05) is 31.7 Å². The minimum atomic E-state index is -0.0600. The molecule has 0 unspecified atom stereocenters. The van der Waals surface area contributed by atoms with Crippen LogP contribution < -0.4 is 5.32 Å². The number of rotatable bonds is 12. The highest BCUT2D eigenvalue weighted by molar-refractivity contribution is 7.99. The van der Waals surface area contributed by atoms with Gasteiger partial charge in [-0.2, -0.15) is 0 Å². The number of nitrogens with one attached hydrogen (secondary N) is 1. The summed E-state index contributed by atoms with van der Waals surface area (Å²) in [5.74, 6) is 2.08. The lowest BCUT2D eigenvalue weighted by Crippen LogP contribution is -2.29. The molecule has 0 bridgehead atoms. The van der Waals surface area contributed by atoms with Crippen molar-refractivity contribution < 1.29 is 13.9 Å². The van der Waals surface area contributed by atoms with Crippen LogP contribution >= 0.6 is 11.8 Å². The van der Waals surface area contributed by atoms with Crippen LogP contribution in [0.1, 0.15) is 20.3 Å². The smallest absolute Gasteiger partial charge is 0.230 e. The third-order valence-electron chi connectivity index (χ3n) is 3.51. The number of ether oxygens (including phenoxy) is 1. The van der Waals surface area contributed by atoms with Crippen molar-refractivity contribution in [3.63, 3.8) is 0 Å². The van der Waals surface area contributed by atoms with E-state index in [0.717, 1.165) is 13.0 Å². The highest BCUT2D eigenvalue weighted by atomic mass is 32.2. The van der Waals surface area contributed by atoms with Gasteiger partial charge in [-0.05, 0) is 24.5 Å². The van der Waals surface area contributed by atoms with Gasteiger partial charge in [0.25, 0.3) is 0 Å². The zero-order valence-corrected chi connectivity index (χ0v) is 16.1. The lowest BCUT2D eigenvalue weighted by atomic mass is 10.1. The molecule has 0 saturated carbocycles. The second-order valence-electron chi connectivity index (χ2n) is 6.12. The standard InChI is InChI=1S/C18H26N4O3S/c1-4-9-22-17(15-6-5-10-25-15)20-21-18(22)26-13-16(23)19-8-12-24-11-7-14(2)3/h4-6,10,14H,1,7-9,11-13H2,2-3H3,(H,19,23). The van der Waals surface area contributed by atoms with Crippen molar-refractivity contribution in [1.29, 1.82) is 0 Å². The van der Waals surface area contributed by atoms with E-state index < -0.39 is 0 Å².